The van der Waals surface area contributed by atoms with Gasteiger partial charge in [0.15, 0.2) is 0 Å². The zero-order valence-corrected chi connectivity index (χ0v) is 13.2. The Morgan fingerprint density at radius 1 is 1.14 bits per heavy atom. The van der Waals surface area contributed by atoms with E-state index in [1.165, 1.54) is 5.56 Å². The molecule has 21 heavy (non-hydrogen) atoms. The lowest BCUT2D eigenvalue weighted by Crippen LogP contribution is -2.29. The first-order valence-corrected chi connectivity index (χ1v) is 7.75. The number of hydrogen-bond donors (Lipinski definition) is 1. The van der Waals surface area contributed by atoms with Crippen molar-refractivity contribution < 1.29 is 14.6 Å². The minimum absolute atomic E-state index is 0.211. The molecule has 0 saturated carbocycles. The van der Waals surface area contributed by atoms with E-state index in [9.17, 15) is 4.79 Å². The lowest BCUT2D eigenvalue weighted by atomic mass is 10.2. The summed E-state index contributed by atoms with van der Waals surface area (Å²) < 4.78 is 5.70. The summed E-state index contributed by atoms with van der Waals surface area (Å²) in [7, 11) is 0. The molecule has 1 aromatic rings. The standard InChI is InChI=1S/C17H27NO3/c1-3-4-11-18(13-10-17(19)20)12-5-14-21-16-8-6-15(2)7-9-16/h6-9H,3-5,10-14H2,1-2H3,(H,19,20). The second-order valence-corrected chi connectivity index (χ2v) is 5.35. The minimum atomic E-state index is -0.729. The van der Waals surface area contributed by atoms with Crippen molar-refractivity contribution >= 4 is 5.97 Å². The van der Waals surface area contributed by atoms with Crippen LogP contribution in [0.3, 0.4) is 0 Å². The monoisotopic (exact) mass is 293 g/mol. The Balaban J connectivity index is 2.24. The van der Waals surface area contributed by atoms with Gasteiger partial charge in [-0.1, -0.05) is 31.0 Å². The Kier molecular flexibility index (Phi) is 8.51. The van der Waals surface area contributed by atoms with E-state index in [0.29, 0.717) is 13.2 Å². The fraction of sp³-hybridized carbons (Fsp3) is 0.588. The highest BCUT2D eigenvalue weighted by molar-refractivity contribution is 5.66. The van der Waals surface area contributed by atoms with Gasteiger partial charge in [-0.2, -0.15) is 0 Å². The van der Waals surface area contributed by atoms with E-state index in [0.717, 1.165) is 38.1 Å². The quantitative estimate of drug-likeness (QED) is 0.636. The number of aryl methyl sites for hydroxylation is 1. The highest BCUT2D eigenvalue weighted by Gasteiger charge is 2.07. The third-order valence-corrected chi connectivity index (χ3v) is 3.38. The van der Waals surface area contributed by atoms with Gasteiger partial charge in [0.25, 0.3) is 0 Å². The van der Waals surface area contributed by atoms with Gasteiger partial charge in [0, 0.05) is 13.1 Å². The van der Waals surface area contributed by atoms with Gasteiger partial charge in [-0.05, 0) is 38.4 Å². The summed E-state index contributed by atoms with van der Waals surface area (Å²) in [5.74, 6) is 0.165. The molecule has 0 radical (unpaired) electrons. The van der Waals surface area contributed by atoms with Crippen LogP contribution in [-0.4, -0.2) is 42.2 Å². The Morgan fingerprint density at radius 3 is 2.43 bits per heavy atom. The summed E-state index contributed by atoms with van der Waals surface area (Å²) in [4.78, 5) is 12.9. The predicted octanol–water partition coefficient (Wildman–Crippen LogP) is 3.34. The van der Waals surface area contributed by atoms with Crippen LogP contribution in [0.4, 0.5) is 0 Å². The molecule has 0 atom stereocenters. The van der Waals surface area contributed by atoms with Crippen LogP contribution in [0.2, 0.25) is 0 Å². The highest BCUT2D eigenvalue weighted by Crippen LogP contribution is 2.11. The number of nitrogens with zero attached hydrogens (tertiary/aromatic N) is 1. The fourth-order valence-corrected chi connectivity index (χ4v) is 2.08. The molecule has 0 bridgehead atoms. The summed E-state index contributed by atoms with van der Waals surface area (Å²) in [6.07, 6.45) is 3.36. The second kappa shape index (κ2) is 10.2. The van der Waals surface area contributed by atoms with Crippen LogP contribution in [0.25, 0.3) is 0 Å². The minimum Gasteiger partial charge on any atom is -0.494 e. The molecule has 0 aliphatic rings. The van der Waals surface area contributed by atoms with Crippen molar-refractivity contribution in [3.8, 4) is 5.75 Å². The van der Waals surface area contributed by atoms with E-state index in [1.807, 2.05) is 24.3 Å². The maximum Gasteiger partial charge on any atom is 0.304 e. The Bertz CT molecular complexity index is 403. The van der Waals surface area contributed by atoms with Gasteiger partial charge in [0.05, 0.1) is 13.0 Å². The number of carbonyl (C=O) groups is 1. The molecule has 1 aromatic carbocycles. The summed E-state index contributed by atoms with van der Waals surface area (Å²) in [5.41, 5.74) is 1.22. The number of carboxylic acids is 1. The summed E-state index contributed by atoms with van der Waals surface area (Å²) >= 11 is 0. The van der Waals surface area contributed by atoms with Gasteiger partial charge in [0.1, 0.15) is 5.75 Å². The van der Waals surface area contributed by atoms with Gasteiger partial charge in [-0.3, -0.25) is 4.79 Å². The smallest absolute Gasteiger partial charge is 0.304 e. The first kappa shape index (κ1) is 17.5. The zero-order chi connectivity index (χ0) is 15.5. The summed E-state index contributed by atoms with van der Waals surface area (Å²) in [6.45, 7) is 7.35. The van der Waals surface area contributed by atoms with Gasteiger partial charge in [0.2, 0.25) is 0 Å². The van der Waals surface area contributed by atoms with Crippen molar-refractivity contribution in [3.05, 3.63) is 29.8 Å². The van der Waals surface area contributed by atoms with E-state index in [1.54, 1.807) is 0 Å². The van der Waals surface area contributed by atoms with Crippen LogP contribution >= 0.6 is 0 Å². The van der Waals surface area contributed by atoms with E-state index in [4.69, 9.17) is 9.84 Å². The molecule has 0 unspecified atom stereocenters. The van der Waals surface area contributed by atoms with E-state index < -0.39 is 5.97 Å². The summed E-state index contributed by atoms with van der Waals surface area (Å²) in [5, 5.41) is 8.78. The SMILES string of the molecule is CCCCN(CCCOc1ccc(C)cc1)CCC(=O)O. The lowest BCUT2D eigenvalue weighted by Gasteiger charge is -2.21. The van der Waals surface area contributed by atoms with Gasteiger partial charge >= 0.3 is 5.97 Å². The molecule has 0 saturated heterocycles. The molecule has 0 spiro atoms. The van der Waals surface area contributed by atoms with E-state index in [-0.39, 0.29) is 6.42 Å². The molecule has 1 rings (SSSR count). The van der Waals surface area contributed by atoms with E-state index >= 15 is 0 Å². The third kappa shape index (κ3) is 8.35. The van der Waals surface area contributed by atoms with Crippen LogP contribution in [-0.2, 0) is 4.79 Å². The van der Waals surface area contributed by atoms with Gasteiger partial charge < -0.3 is 14.7 Å². The molecule has 0 fully saturated rings. The topological polar surface area (TPSA) is 49.8 Å². The molecule has 0 aliphatic heterocycles. The average molecular weight is 293 g/mol. The Morgan fingerprint density at radius 2 is 1.81 bits per heavy atom. The average Bonchev–Trinajstić information content (AvgIpc) is 2.47. The number of rotatable bonds is 11. The Hall–Kier alpha value is -1.55. The van der Waals surface area contributed by atoms with Gasteiger partial charge in [-0.25, -0.2) is 0 Å². The fourth-order valence-electron chi connectivity index (χ4n) is 2.08. The zero-order valence-electron chi connectivity index (χ0n) is 13.2. The number of benzene rings is 1. The highest BCUT2D eigenvalue weighted by atomic mass is 16.5. The first-order valence-electron chi connectivity index (χ1n) is 7.75. The van der Waals surface area contributed by atoms with Crippen LogP contribution in [0.5, 0.6) is 5.75 Å². The van der Waals surface area contributed by atoms with Crippen molar-refractivity contribution in [3.63, 3.8) is 0 Å². The summed E-state index contributed by atoms with van der Waals surface area (Å²) in [6, 6.07) is 8.04. The van der Waals surface area contributed by atoms with Crippen LogP contribution < -0.4 is 4.74 Å². The molecular formula is C17H27NO3. The number of hydrogen-bond acceptors (Lipinski definition) is 3. The predicted molar refractivity (Wildman–Crippen MR) is 84.9 cm³/mol. The second-order valence-electron chi connectivity index (χ2n) is 5.35. The number of aliphatic carboxylic acids is 1. The number of carboxylic acid groups (broad SMARTS) is 1. The molecule has 1 N–H and O–H groups in total. The molecule has 0 amide bonds. The third-order valence-electron chi connectivity index (χ3n) is 3.38. The van der Waals surface area contributed by atoms with Crippen LogP contribution in [0, 0.1) is 6.92 Å². The maximum absolute atomic E-state index is 10.7. The van der Waals surface area contributed by atoms with Crippen molar-refractivity contribution in [1.82, 2.24) is 4.90 Å². The van der Waals surface area contributed by atoms with Crippen molar-refractivity contribution in [2.75, 3.05) is 26.2 Å². The molecule has 0 aliphatic carbocycles. The maximum atomic E-state index is 10.7. The number of ether oxygens (including phenoxy) is 1. The van der Waals surface area contributed by atoms with Crippen molar-refractivity contribution in [2.45, 2.75) is 39.5 Å². The van der Waals surface area contributed by atoms with Crippen molar-refractivity contribution in [1.29, 1.82) is 0 Å². The van der Waals surface area contributed by atoms with E-state index in [2.05, 4.69) is 18.7 Å². The molecular weight excluding hydrogens is 266 g/mol. The largest absolute Gasteiger partial charge is 0.494 e. The van der Waals surface area contributed by atoms with Crippen LogP contribution in [0.15, 0.2) is 24.3 Å². The molecule has 4 nitrogen and oxygen atoms in total. The Labute approximate surface area is 127 Å². The molecule has 0 aromatic heterocycles. The first-order chi connectivity index (χ1) is 10.1. The van der Waals surface area contributed by atoms with Crippen LogP contribution in [0.1, 0.15) is 38.2 Å². The number of unbranched alkanes of at least 4 members (excludes halogenated alkanes) is 1. The molecule has 118 valence electrons. The lowest BCUT2D eigenvalue weighted by molar-refractivity contribution is -0.137. The van der Waals surface area contributed by atoms with Gasteiger partial charge in [-0.15, -0.1) is 0 Å². The normalized spacial score (nSPS) is 10.8. The molecule has 0 heterocycles. The van der Waals surface area contributed by atoms with Crippen molar-refractivity contribution in [2.24, 2.45) is 0 Å². The molecule has 4 heteroatoms.